The number of hydrogen-bond acceptors (Lipinski definition) is 7. The van der Waals surface area contributed by atoms with Crippen molar-refractivity contribution in [3.63, 3.8) is 0 Å². The number of carbonyl (C=O) groups is 1. The van der Waals surface area contributed by atoms with Gasteiger partial charge in [0.15, 0.2) is 5.13 Å². The first-order valence-electron chi connectivity index (χ1n) is 10.3. The zero-order chi connectivity index (χ0) is 19.5. The van der Waals surface area contributed by atoms with Gasteiger partial charge >= 0.3 is 0 Å². The Kier molecular flexibility index (Phi) is 6.28. The molecule has 0 unspecified atom stereocenters. The molecule has 1 aliphatic heterocycles. The zero-order valence-corrected chi connectivity index (χ0v) is 18.1. The number of aromatic nitrogens is 2. The Morgan fingerprint density at radius 3 is 2.89 bits per heavy atom. The van der Waals surface area contributed by atoms with Crippen LogP contribution in [0.25, 0.3) is 0 Å². The molecular weight excluding hydrogens is 390 g/mol. The van der Waals surface area contributed by atoms with E-state index >= 15 is 0 Å². The smallest absolute Gasteiger partial charge is 0.265 e. The Labute approximate surface area is 174 Å². The molecule has 2 N–H and O–H groups in total. The minimum atomic E-state index is 0.147. The van der Waals surface area contributed by atoms with E-state index in [1.54, 1.807) is 23.0 Å². The molecule has 0 radical (unpaired) electrons. The molecule has 0 bridgehead atoms. The van der Waals surface area contributed by atoms with Gasteiger partial charge in [-0.25, -0.2) is 4.98 Å². The van der Waals surface area contributed by atoms with E-state index in [1.807, 2.05) is 4.90 Å². The zero-order valence-electron chi connectivity index (χ0n) is 16.5. The normalized spacial score (nSPS) is 20.5. The molecule has 2 aromatic heterocycles. The van der Waals surface area contributed by atoms with Gasteiger partial charge in [-0.05, 0) is 51.0 Å². The molecule has 0 spiro atoms. The average molecular weight is 420 g/mol. The maximum absolute atomic E-state index is 12.5. The van der Waals surface area contributed by atoms with E-state index in [4.69, 9.17) is 5.73 Å². The summed E-state index contributed by atoms with van der Waals surface area (Å²) < 4.78 is 0. The van der Waals surface area contributed by atoms with Crippen LogP contribution in [-0.4, -0.2) is 57.9 Å². The summed E-state index contributed by atoms with van der Waals surface area (Å²) in [6, 6.07) is 0.601. The molecule has 0 saturated carbocycles. The molecule has 152 valence electrons. The summed E-state index contributed by atoms with van der Waals surface area (Å²) in [6.07, 6.45) is 8.37. The molecule has 3 heterocycles. The minimum Gasteiger partial charge on any atom is -0.375 e. The van der Waals surface area contributed by atoms with E-state index in [2.05, 4.69) is 21.8 Å². The van der Waals surface area contributed by atoms with Crippen molar-refractivity contribution in [1.29, 1.82) is 0 Å². The van der Waals surface area contributed by atoms with Gasteiger partial charge < -0.3 is 10.6 Å². The Morgan fingerprint density at radius 2 is 2.18 bits per heavy atom. The van der Waals surface area contributed by atoms with Crippen LogP contribution in [0.15, 0.2) is 11.7 Å². The van der Waals surface area contributed by atoms with Gasteiger partial charge in [-0.2, -0.15) is 0 Å². The lowest BCUT2D eigenvalue weighted by atomic mass is 9.92. The first-order chi connectivity index (χ1) is 13.6. The lowest BCUT2D eigenvalue weighted by molar-refractivity contribution is 0.0647. The number of nitrogens with zero attached hydrogens (tertiary/aromatic N) is 4. The van der Waals surface area contributed by atoms with Crippen LogP contribution in [0.5, 0.6) is 0 Å². The predicted molar refractivity (Wildman–Crippen MR) is 115 cm³/mol. The van der Waals surface area contributed by atoms with Gasteiger partial charge in [-0.3, -0.25) is 14.7 Å². The molecular formula is C20H29N5OS2. The number of likely N-dealkylation sites (tertiary alicyclic amines) is 1. The Bertz CT molecular complexity index is 783. The van der Waals surface area contributed by atoms with Gasteiger partial charge in [-0.15, -0.1) is 22.7 Å². The SMILES string of the molecule is CCCN(CC1CCN(C(=O)c2cncs2)CC1)[C@H]1CCc2nc(N)sc2C1. The molecule has 1 fully saturated rings. The van der Waals surface area contributed by atoms with Crippen LogP contribution in [0.1, 0.15) is 52.8 Å². The van der Waals surface area contributed by atoms with Gasteiger partial charge in [0, 0.05) is 30.6 Å². The van der Waals surface area contributed by atoms with Crippen molar-refractivity contribution in [2.45, 2.75) is 51.5 Å². The molecule has 1 aliphatic carbocycles. The maximum Gasteiger partial charge on any atom is 0.265 e. The van der Waals surface area contributed by atoms with E-state index in [9.17, 15) is 4.79 Å². The summed E-state index contributed by atoms with van der Waals surface area (Å²) in [5.74, 6) is 0.818. The minimum absolute atomic E-state index is 0.147. The summed E-state index contributed by atoms with van der Waals surface area (Å²) in [5.41, 5.74) is 8.88. The number of carbonyl (C=O) groups excluding carboxylic acids is 1. The highest BCUT2D eigenvalue weighted by Gasteiger charge is 2.30. The average Bonchev–Trinajstić information content (AvgIpc) is 3.36. The molecule has 0 aromatic carbocycles. The molecule has 8 heteroatoms. The largest absolute Gasteiger partial charge is 0.375 e. The summed E-state index contributed by atoms with van der Waals surface area (Å²) in [5, 5.41) is 0.714. The Morgan fingerprint density at radius 1 is 1.36 bits per heavy atom. The molecule has 1 saturated heterocycles. The fraction of sp³-hybridized carbons (Fsp3) is 0.650. The topological polar surface area (TPSA) is 75.3 Å². The van der Waals surface area contributed by atoms with Crippen molar-refractivity contribution in [1.82, 2.24) is 19.8 Å². The molecule has 1 atom stereocenters. The van der Waals surface area contributed by atoms with Crippen LogP contribution in [0.4, 0.5) is 5.13 Å². The van der Waals surface area contributed by atoms with Crippen LogP contribution in [0, 0.1) is 5.92 Å². The van der Waals surface area contributed by atoms with Crippen molar-refractivity contribution in [2.24, 2.45) is 5.92 Å². The molecule has 6 nitrogen and oxygen atoms in total. The summed E-state index contributed by atoms with van der Waals surface area (Å²) >= 11 is 3.10. The number of rotatable bonds is 6. The first-order valence-corrected chi connectivity index (χ1v) is 12.0. The maximum atomic E-state index is 12.5. The van der Waals surface area contributed by atoms with E-state index in [1.165, 1.54) is 34.7 Å². The second-order valence-corrected chi connectivity index (χ2v) is 9.92. The van der Waals surface area contributed by atoms with Gasteiger partial charge in [-0.1, -0.05) is 6.92 Å². The number of nitrogens with two attached hydrogens (primary N) is 1. The highest BCUT2D eigenvalue weighted by Crippen LogP contribution is 2.31. The van der Waals surface area contributed by atoms with Crippen LogP contribution >= 0.6 is 22.7 Å². The number of amides is 1. The van der Waals surface area contributed by atoms with Gasteiger partial charge in [0.1, 0.15) is 4.88 Å². The third kappa shape index (κ3) is 4.39. The van der Waals surface area contributed by atoms with E-state index < -0.39 is 0 Å². The van der Waals surface area contributed by atoms with Crippen LogP contribution in [0.3, 0.4) is 0 Å². The molecule has 2 aliphatic rings. The summed E-state index contributed by atoms with van der Waals surface area (Å²) in [6.45, 7) is 6.28. The number of fused-ring (bicyclic) bond motifs is 1. The van der Waals surface area contributed by atoms with Crippen molar-refractivity contribution in [2.75, 3.05) is 31.9 Å². The number of piperidine rings is 1. The van der Waals surface area contributed by atoms with Gasteiger partial charge in [0.2, 0.25) is 0 Å². The lowest BCUT2D eigenvalue weighted by Gasteiger charge is -2.39. The molecule has 28 heavy (non-hydrogen) atoms. The predicted octanol–water partition coefficient (Wildman–Crippen LogP) is 3.30. The fourth-order valence-corrected chi connectivity index (χ4v) is 6.06. The second kappa shape index (κ2) is 8.88. The fourth-order valence-electron chi connectivity index (χ4n) is 4.53. The first kappa shape index (κ1) is 19.8. The summed E-state index contributed by atoms with van der Waals surface area (Å²) in [4.78, 5) is 27.9. The summed E-state index contributed by atoms with van der Waals surface area (Å²) in [7, 11) is 0. The quantitative estimate of drug-likeness (QED) is 0.777. The van der Waals surface area contributed by atoms with Crippen LogP contribution < -0.4 is 5.73 Å². The number of hydrogen-bond donors (Lipinski definition) is 1. The molecule has 4 rings (SSSR count). The van der Waals surface area contributed by atoms with E-state index in [0.29, 0.717) is 17.1 Å². The third-order valence-electron chi connectivity index (χ3n) is 5.99. The van der Waals surface area contributed by atoms with Crippen LogP contribution in [-0.2, 0) is 12.8 Å². The van der Waals surface area contributed by atoms with E-state index in [0.717, 1.165) is 56.7 Å². The van der Waals surface area contributed by atoms with Crippen molar-refractivity contribution >= 4 is 33.7 Å². The standard InChI is InChI=1S/C20H29N5OS2/c1-2-7-25(15-3-4-16-17(10-15)28-20(21)23-16)12-14-5-8-24(9-6-14)19(26)18-11-22-13-27-18/h11,13-15H,2-10,12H2,1H3,(H2,21,23)/t15-/m0/s1. The van der Waals surface area contributed by atoms with Crippen molar-refractivity contribution < 1.29 is 4.79 Å². The monoisotopic (exact) mass is 419 g/mol. The number of anilines is 1. The molecule has 2 aromatic rings. The number of thiazole rings is 2. The molecule has 1 amide bonds. The Hall–Kier alpha value is -1.51. The second-order valence-electron chi connectivity index (χ2n) is 7.91. The van der Waals surface area contributed by atoms with Crippen LogP contribution in [0.2, 0.25) is 0 Å². The highest BCUT2D eigenvalue weighted by molar-refractivity contribution is 7.15. The van der Waals surface area contributed by atoms with Gasteiger partial charge in [0.05, 0.1) is 17.4 Å². The number of nitrogen functional groups attached to an aromatic ring is 1. The highest BCUT2D eigenvalue weighted by atomic mass is 32.1. The van der Waals surface area contributed by atoms with E-state index in [-0.39, 0.29) is 5.91 Å². The lowest BCUT2D eigenvalue weighted by Crippen LogP contribution is -2.45. The third-order valence-corrected chi connectivity index (χ3v) is 7.71. The van der Waals surface area contributed by atoms with Crippen molar-refractivity contribution in [3.8, 4) is 0 Å². The Balaban J connectivity index is 1.32. The number of aryl methyl sites for hydroxylation is 1. The van der Waals surface area contributed by atoms with Gasteiger partial charge in [0.25, 0.3) is 5.91 Å². The van der Waals surface area contributed by atoms with Crippen molar-refractivity contribution in [3.05, 3.63) is 27.2 Å².